The van der Waals surface area contributed by atoms with Crippen LogP contribution in [-0.4, -0.2) is 31.5 Å². The molecule has 1 heterocycles. The number of aromatic nitrogens is 1. The summed E-state index contributed by atoms with van der Waals surface area (Å²) in [5, 5.41) is 0. The van der Waals surface area contributed by atoms with Gasteiger partial charge in [-0.3, -0.25) is 4.79 Å². The van der Waals surface area contributed by atoms with E-state index in [4.69, 9.17) is 16.3 Å². The van der Waals surface area contributed by atoms with Crippen LogP contribution < -0.4 is 9.47 Å². The Morgan fingerprint density at radius 3 is 2.50 bits per heavy atom. The van der Waals surface area contributed by atoms with Crippen LogP contribution in [0.5, 0.6) is 11.6 Å². The zero-order valence-corrected chi connectivity index (χ0v) is 11.3. The number of methoxy groups -OCH3 is 2. The van der Waals surface area contributed by atoms with Crippen LogP contribution in [0.25, 0.3) is 0 Å². The van der Waals surface area contributed by atoms with E-state index in [-0.39, 0.29) is 23.7 Å². The lowest BCUT2D eigenvalue weighted by Crippen LogP contribution is -2.19. The van der Waals surface area contributed by atoms with E-state index in [0.717, 1.165) is 7.11 Å². The van der Waals surface area contributed by atoms with Gasteiger partial charge in [0.15, 0.2) is 5.75 Å². The molecule has 0 aliphatic heterocycles. The van der Waals surface area contributed by atoms with Crippen molar-refractivity contribution in [3.63, 3.8) is 0 Å². The van der Waals surface area contributed by atoms with Crippen LogP contribution in [0.15, 0.2) is 6.07 Å². The first-order valence-corrected chi connectivity index (χ1v) is 5.79. The van der Waals surface area contributed by atoms with Gasteiger partial charge in [0.25, 0.3) is 5.88 Å². The summed E-state index contributed by atoms with van der Waals surface area (Å²) in [5.74, 6) is -1.78. The quantitative estimate of drug-likeness (QED) is 0.617. The normalized spacial score (nSPS) is 11.1. The number of alkyl halides is 4. The van der Waals surface area contributed by atoms with Gasteiger partial charge >= 0.3 is 12.3 Å². The third-order valence-corrected chi connectivity index (χ3v) is 2.50. The minimum absolute atomic E-state index is 0.0807. The largest absolute Gasteiger partial charge is 0.574 e. The van der Waals surface area contributed by atoms with Crippen LogP contribution in [0.4, 0.5) is 13.2 Å². The molecule has 0 unspecified atom stereocenters. The lowest BCUT2D eigenvalue weighted by molar-refractivity contribution is -0.276. The number of carbonyl (C=O) groups is 1. The van der Waals surface area contributed by atoms with E-state index in [1.165, 1.54) is 13.2 Å². The standard InChI is InChI=1S/C11H11ClF3NO4/c1-18-8-3-6(4-9(17)19-2)7(5-12)16-10(8)20-11(13,14)15/h3H,4-5H2,1-2H3. The molecule has 0 N–H and O–H groups in total. The summed E-state index contributed by atoms with van der Waals surface area (Å²) in [6.45, 7) is 0. The summed E-state index contributed by atoms with van der Waals surface area (Å²) >= 11 is 5.61. The monoisotopic (exact) mass is 313 g/mol. The molecule has 0 aliphatic carbocycles. The van der Waals surface area contributed by atoms with Gasteiger partial charge in [-0.25, -0.2) is 4.98 Å². The highest BCUT2D eigenvalue weighted by molar-refractivity contribution is 6.17. The van der Waals surface area contributed by atoms with Gasteiger partial charge in [-0.1, -0.05) is 0 Å². The molecule has 0 saturated carbocycles. The van der Waals surface area contributed by atoms with Crippen LogP contribution in [0.3, 0.4) is 0 Å². The Morgan fingerprint density at radius 2 is 2.05 bits per heavy atom. The molecule has 0 aliphatic rings. The van der Waals surface area contributed by atoms with Crippen LogP contribution in [-0.2, 0) is 21.8 Å². The molecular formula is C11H11ClF3NO4. The number of carbonyl (C=O) groups excluding carboxylic acids is 1. The number of hydrogen-bond acceptors (Lipinski definition) is 5. The number of rotatable bonds is 5. The van der Waals surface area contributed by atoms with Crippen molar-refractivity contribution in [2.24, 2.45) is 0 Å². The maximum absolute atomic E-state index is 12.2. The fourth-order valence-electron chi connectivity index (χ4n) is 1.38. The number of ether oxygens (including phenoxy) is 3. The molecule has 0 spiro atoms. The maximum atomic E-state index is 12.2. The van der Waals surface area contributed by atoms with Crippen molar-refractivity contribution in [2.75, 3.05) is 14.2 Å². The molecule has 1 rings (SSSR count). The van der Waals surface area contributed by atoms with Gasteiger partial charge in [0.1, 0.15) is 0 Å². The highest BCUT2D eigenvalue weighted by Gasteiger charge is 2.34. The van der Waals surface area contributed by atoms with Crippen molar-refractivity contribution >= 4 is 17.6 Å². The molecular weight excluding hydrogens is 303 g/mol. The Labute approximate surface area is 117 Å². The molecule has 0 atom stereocenters. The molecule has 1 aromatic rings. The molecule has 20 heavy (non-hydrogen) atoms. The molecule has 112 valence electrons. The molecule has 0 fully saturated rings. The fraction of sp³-hybridized carbons (Fsp3) is 0.455. The van der Waals surface area contributed by atoms with Gasteiger partial charge in [-0.05, 0) is 11.6 Å². The molecule has 9 heteroatoms. The first-order chi connectivity index (χ1) is 9.30. The van der Waals surface area contributed by atoms with Crippen LogP contribution >= 0.6 is 11.6 Å². The predicted molar refractivity (Wildman–Crippen MR) is 62.7 cm³/mol. The Hall–Kier alpha value is -1.70. The van der Waals surface area contributed by atoms with E-state index in [2.05, 4.69) is 14.5 Å². The van der Waals surface area contributed by atoms with E-state index in [9.17, 15) is 18.0 Å². The topological polar surface area (TPSA) is 57.7 Å². The molecule has 5 nitrogen and oxygen atoms in total. The lowest BCUT2D eigenvalue weighted by atomic mass is 10.1. The number of esters is 1. The lowest BCUT2D eigenvalue weighted by Gasteiger charge is -2.14. The van der Waals surface area contributed by atoms with E-state index in [1.807, 2.05) is 0 Å². The average Bonchev–Trinajstić information content (AvgIpc) is 2.37. The second-order valence-corrected chi connectivity index (χ2v) is 3.80. The first-order valence-electron chi connectivity index (χ1n) is 5.26. The third-order valence-electron chi connectivity index (χ3n) is 2.24. The number of nitrogens with zero attached hydrogens (tertiary/aromatic N) is 1. The Bertz CT molecular complexity index is 493. The zero-order chi connectivity index (χ0) is 15.3. The Balaban J connectivity index is 3.19. The van der Waals surface area contributed by atoms with E-state index >= 15 is 0 Å². The van der Waals surface area contributed by atoms with Gasteiger partial charge in [-0.15, -0.1) is 24.8 Å². The van der Waals surface area contributed by atoms with E-state index in [0.29, 0.717) is 5.56 Å². The number of halogens is 4. The minimum Gasteiger partial charge on any atom is -0.491 e. The van der Waals surface area contributed by atoms with E-state index in [1.54, 1.807) is 0 Å². The molecule has 1 aromatic heterocycles. The summed E-state index contributed by atoms with van der Waals surface area (Å²) < 4.78 is 49.7. The second kappa shape index (κ2) is 6.65. The fourth-order valence-corrected chi connectivity index (χ4v) is 1.61. The van der Waals surface area contributed by atoms with Gasteiger partial charge in [0.2, 0.25) is 0 Å². The average molecular weight is 314 g/mol. The number of hydrogen-bond donors (Lipinski definition) is 0. The van der Waals surface area contributed by atoms with Crippen LogP contribution in [0.1, 0.15) is 11.3 Å². The van der Waals surface area contributed by atoms with Crippen molar-refractivity contribution in [3.05, 3.63) is 17.3 Å². The molecule has 0 amide bonds. The molecule has 0 bridgehead atoms. The summed E-state index contributed by atoms with van der Waals surface area (Å²) in [4.78, 5) is 14.8. The van der Waals surface area contributed by atoms with Crippen molar-refractivity contribution in [3.8, 4) is 11.6 Å². The Morgan fingerprint density at radius 1 is 1.40 bits per heavy atom. The van der Waals surface area contributed by atoms with Crippen molar-refractivity contribution in [1.29, 1.82) is 0 Å². The summed E-state index contributed by atoms with van der Waals surface area (Å²) in [6.07, 6.45) is -5.10. The second-order valence-electron chi connectivity index (χ2n) is 3.54. The summed E-state index contributed by atoms with van der Waals surface area (Å²) in [7, 11) is 2.34. The predicted octanol–water partition coefficient (Wildman–Crippen LogP) is 2.44. The van der Waals surface area contributed by atoms with Crippen molar-refractivity contribution in [1.82, 2.24) is 4.98 Å². The zero-order valence-electron chi connectivity index (χ0n) is 10.6. The highest BCUT2D eigenvalue weighted by atomic mass is 35.5. The first kappa shape index (κ1) is 16.4. The summed E-state index contributed by atoms with van der Waals surface area (Å²) in [5.41, 5.74) is 0.385. The van der Waals surface area contributed by atoms with Gasteiger partial charge in [0.05, 0.1) is 32.2 Å². The smallest absolute Gasteiger partial charge is 0.491 e. The van der Waals surface area contributed by atoms with Gasteiger partial charge < -0.3 is 14.2 Å². The van der Waals surface area contributed by atoms with Crippen LogP contribution in [0, 0.1) is 0 Å². The summed E-state index contributed by atoms with van der Waals surface area (Å²) in [6, 6.07) is 1.21. The van der Waals surface area contributed by atoms with Crippen molar-refractivity contribution < 1.29 is 32.2 Å². The van der Waals surface area contributed by atoms with Gasteiger partial charge in [-0.2, -0.15) is 0 Å². The molecule has 0 aromatic carbocycles. The third kappa shape index (κ3) is 4.44. The minimum atomic E-state index is -4.91. The number of pyridine rings is 1. The van der Waals surface area contributed by atoms with Crippen LogP contribution in [0.2, 0.25) is 0 Å². The van der Waals surface area contributed by atoms with Crippen molar-refractivity contribution in [2.45, 2.75) is 18.7 Å². The van der Waals surface area contributed by atoms with E-state index < -0.39 is 18.2 Å². The SMILES string of the molecule is COC(=O)Cc1cc(OC)c(OC(F)(F)F)nc1CCl. The molecule has 0 radical (unpaired) electrons. The maximum Gasteiger partial charge on any atom is 0.574 e. The highest BCUT2D eigenvalue weighted by Crippen LogP contribution is 2.32. The Kier molecular flexibility index (Phi) is 5.43. The van der Waals surface area contributed by atoms with Gasteiger partial charge in [0, 0.05) is 0 Å². The molecule has 0 saturated heterocycles.